The lowest BCUT2D eigenvalue weighted by atomic mass is 9.74. The summed E-state index contributed by atoms with van der Waals surface area (Å²) in [6.45, 7) is 6.10. The van der Waals surface area contributed by atoms with E-state index in [-0.39, 0.29) is 23.6 Å². The van der Waals surface area contributed by atoms with Crippen molar-refractivity contribution < 1.29 is 17.9 Å². The van der Waals surface area contributed by atoms with Crippen molar-refractivity contribution in [1.29, 1.82) is 0 Å². The maximum atomic E-state index is 12.5. The summed E-state index contributed by atoms with van der Waals surface area (Å²) in [6, 6.07) is 0.391. The number of morpholine rings is 1. The molecule has 134 valence electrons. The van der Waals surface area contributed by atoms with Crippen LogP contribution in [0.15, 0.2) is 0 Å². The summed E-state index contributed by atoms with van der Waals surface area (Å²) in [5.41, 5.74) is 0.101. The Kier molecular flexibility index (Phi) is 5.33. The molecule has 3 fully saturated rings. The average Bonchev–Trinajstić information content (AvgIpc) is 2.45. The van der Waals surface area contributed by atoms with Gasteiger partial charge in [0.25, 0.3) is 0 Å². The first-order valence-electron chi connectivity index (χ1n) is 8.89. The van der Waals surface area contributed by atoms with Crippen molar-refractivity contribution in [1.82, 2.24) is 9.62 Å². The first kappa shape index (κ1) is 17.6. The van der Waals surface area contributed by atoms with E-state index in [4.69, 9.17) is 9.47 Å². The molecule has 0 aromatic heterocycles. The van der Waals surface area contributed by atoms with Crippen LogP contribution in [0.5, 0.6) is 0 Å². The van der Waals surface area contributed by atoms with Crippen molar-refractivity contribution in [3.8, 4) is 0 Å². The molecule has 2 aliphatic heterocycles. The van der Waals surface area contributed by atoms with E-state index in [9.17, 15) is 8.42 Å². The molecule has 2 saturated heterocycles. The van der Waals surface area contributed by atoms with Crippen LogP contribution in [-0.4, -0.2) is 68.6 Å². The van der Waals surface area contributed by atoms with Gasteiger partial charge in [0.15, 0.2) is 0 Å². The lowest BCUT2D eigenvalue weighted by Crippen LogP contribution is -2.52. The Morgan fingerprint density at radius 3 is 2.52 bits per heavy atom. The first-order chi connectivity index (χ1) is 10.9. The molecular formula is C16H30N2O4S. The van der Waals surface area contributed by atoms with Crippen molar-refractivity contribution in [2.75, 3.05) is 32.0 Å². The predicted molar refractivity (Wildman–Crippen MR) is 88.9 cm³/mol. The summed E-state index contributed by atoms with van der Waals surface area (Å²) < 4.78 is 38.2. The highest BCUT2D eigenvalue weighted by Crippen LogP contribution is 2.42. The monoisotopic (exact) mass is 346 g/mol. The summed E-state index contributed by atoms with van der Waals surface area (Å²) in [6.07, 6.45) is 5.52. The van der Waals surface area contributed by atoms with Gasteiger partial charge in [-0.25, -0.2) is 8.42 Å². The first-order valence-corrected chi connectivity index (χ1v) is 10.5. The van der Waals surface area contributed by atoms with Gasteiger partial charge in [-0.3, -0.25) is 0 Å². The Hall–Kier alpha value is -0.210. The van der Waals surface area contributed by atoms with Crippen molar-refractivity contribution >= 4 is 10.0 Å². The highest BCUT2D eigenvalue weighted by molar-refractivity contribution is 7.89. The van der Waals surface area contributed by atoms with E-state index < -0.39 is 10.0 Å². The molecular weight excluding hydrogens is 316 g/mol. The Balaban J connectivity index is 1.45. The van der Waals surface area contributed by atoms with Gasteiger partial charge < -0.3 is 14.8 Å². The van der Waals surface area contributed by atoms with Gasteiger partial charge in [-0.15, -0.1) is 0 Å². The van der Waals surface area contributed by atoms with E-state index in [0.29, 0.717) is 25.7 Å². The summed E-state index contributed by atoms with van der Waals surface area (Å²) >= 11 is 0. The number of ether oxygens (including phenoxy) is 2. The van der Waals surface area contributed by atoms with Crippen molar-refractivity contribution in [3.63, 3.8) is 0 Å². The summed E-state index contributed by atoms with van der Waals surface area (Å²) in [5.74, 6) is 0.163. The van der Waals surface area contributed by atoms with Gasteiger partial charge in [0.1, 0.15) is 0 Å². The molecule has 2 heterocycles. The fraction of sp³-hybridized carbons (Fsp3) is 1.00. The molecule has 0 radical (unpaired) electrons. The average molecular weight is 346 g/mol. The number of nitrogens with zero attached hydrogens (tertiary/aromatic N) is 1. The van der Waals surface area contributed by atoms with Crippen LogP contribution < -0.4 is 5.32 Å². The zero-order valence-corrected chi connectivity index (χ0v) is 15.1. The van der Waals surface area contributed by atoms with Crippen LogP contribution in [0.3, 0.4) is 0 Å². The van der Waals surface area contributed by atoms with E-state index in [2.05, 4.69) is 5.32 Å². The standard InChI is InChI=1S/C16H30N2O4S/c1-13-11-18(12-14(2)22-13)23(19,20)9-7-17-15-4-8-21-16(10-15)5-3-6-16/h13-15,17H,3-12H2,1-2H3. The topological polar surface area (TPSA) is 67.9 Å². The fourth-order valence-corrected chi connectivity index (χ4v) is 5.51. The number of nitrogens with one attached hydrogen (secondary N) is 1. The molecule has 0 aromatic rings. The minimum Gasteiger partial charge on any atom is -0.375 e. The molecule has 3 unspecified atom stereocenters. The van der Waals surface area contributed by atoms with E-state index in [1.807, 2.05) is 13.8 Å². The number of sulfonamides is 1. The molecule has 1 spiro atoms. The zero-order valence-electron chi connectivity index (χ0n) is 14.3. The molecule has 3 rings (SSSR count). The van der Waals surface area contributed by atoms with E-state index in [0.717, 1.165) is 32.3 Å². The Bertz CT molecular complexity index is 496. The molecule has 6 nitrogen and oxygen atoms in total. The van der Waals surface area contributed by atoms with Gasteiger partial charge in [-0.05, 0) is 46.0 Å². The predicted octanol–water partition coefficient (Wildman–Crippen LogP) is 1.12. The molecule has 1 saturated carbocycles. The molecule has 0 amide bonds. The molecule has 1 N–H and O–H groups in total. The third-order valence-electron chi connectivity index (χ3n) is 5.33. The lowest BCUT2D eigenvalue weighted by molar-refractivity contribution is -0.135. The fourth-order valence-electron chi connectivity index (χ4n) is 4.00. The normalized spacial score (nSPS) is 35.1. The van der Waals surface area contributed by atoms with Gasteiger partial charge in [0.2, 0.25) is 10.0 Å². The Labute approximate surface area is 139 Å². The molecule has 0 aromatic carbocycles. The highest BCUT2D eigenvalue weighted by atomic mass is 32.2. The molecule has 7 heteroatoms. The quantitative estimate of drug-likeness (QED) is 0.808. The largest absolute Gasteiger partial charge is 0.375 e. The second kappa shape index (κ2) is 6.96. The van der Waals surface area contributed by atoms with E-state index in [1.165, 1.54) is 6.42 Å². The maximum absolute atomic E-state index is 12.5. The van der Waals surface area contributed by atoms with Crippen LogP contribution in [0, 0.1) is 0 Å². The van der Waals surface area contributed by atoms with Crippen molar-refractivity contribution in [2.24, 2.45) is 0 Å². The molecule has 0 bridgehead atoms. The van der Waals surface area contributed by atoms with Crippen LogP contribution in [0.1, 0.15) is 46.0 Å². The van der Waals surface area contributed by atoms with Crippen molar-refractivity contribution in [3.05, 3.63) is 0 Å². The highest BCUT2D eigenvalue weighted by Gasteiger charge is 2.42. The second-order valence-electron chi connectivity index (χ2n) is 7.42. The summed E-state index contributed by atoms with van der Waals surface area (Å²) in [5, 5.41) is 3.45. The van der Waals surface area contributed by atoms with Gasteiger partial charge in [-0.1, -0.05) is 0 Å². The molecule has 3 aliphatic rings. The van der Waals surface area contributed by atoms with E-state index in [1.54, 1.807) is 4.31 Å². The van der Waals surface area contributed by atoms with Crippen LogP contribution in [0.25, 0.3) is 0 Å². The van der Waals surface area contributed by atoms with Gasteiger partial charge in [0.05, 0.1) is 23.6 Å². The SMILES string of the molecule is CC1CN(S(=O)(=O)CCNC2CCOC3(CCC3)C2)CC(C)O1. The second-order valence-corrected chi connectivity index (χ2v) is 9.51. The third-order valence-corrected chi connectivity index (χ3v) is 7.14. The minimum absolute atomic E-state index is 0.0320. The van der Waals surface area contributed by atoms with Crippen LogP contribution in [0.2, 0.25) is 0 Å². The van der Waals surface area contributed by atoms with Crippen LogP contribution >= 0.6 is 0 Å². The Morgan fingerprint density at radius 2 is 1.91 bits per heavy atom. The summed E-state index contributed by atoms with van der Waals surface area (Å²) in [4.78, 5) is 0. The van der Waals surface area contributed by atoms with Crippen molar-refractivity contribution in [2.45, 2.75) is 69.8 Å². The number of hydrogen-bond acceptors (Lipinski definition) is 5. The van der Waals surface area contributed by atoms with Gasteiger partial charge in [0, 0.05) is 32.3 Å². The van der Waals surface area contributed by atoms with Gasteiger partial charge in [-0.2, -0.15) is 4.31 Å². The van der Waals surface area contributed by atoms with Gasteiger partial charge >= 0.3 is 0 Å². The van der Waals surface area contributed by atoms with Crippen LogP contribution in [0.4, 0.5) is 0 Å². The third kappa shape index (κ3) is 4.25. The number of hydrogen-bond donors (Lipinski definition) is 1. The number of rotatable bonds is 5. The summed E-state index contributed by atoms with van der Waals surface area (Å²) in [7, 11) is -3.21. The lowest BCUT2D eigenvalue weighted by Gasteiger charge is -2.47. The maximum Gasteiger partial charge on any atom is 0.215 e. The Morgan fingerprint density at radius 1 is 1.22 bits per heavy atom. The molecule has 23 heavy (non-hydrogen) atoms. The molecule has 3 atom stereocenters. The minimum atomic E-state index is -3.21. The zero-order chi connectivity index (χ0) is 16.5. The molecule has 1 aliphatic carbocycles. The van der Waals surface area contributed by atoms with E-state index >= 15 is 0 Å². The smallest absolute Gasteiger partial charge is 0.215 e. The van der Waals surface area contributed by atoms with Crippen LogP contribution in [-0.2, 0) is 19.5 Å².